The molecule has 0 aliphatic rings. The minimum atomic E-state index is -0.0530. The average Bonchev–Trinajstić information content (AvgIpc) is 2.49. The van der Waals surface area contributed by atoms with E-state index in [1.54, 1.807) is 13.2 Å². The second-order valence-electron chi connectivity index (χ2n) is 5.04. The fourth-order valence-electron chi connectivity index (χ4n) is 2.12. The Morgan fingerprint density at radius 3 is 2.73 bits per heavy atom. The number of carbonyl (C=O) groups excluding carboxylic acids is 1. The number of nitrogens with zero attached hydrogens (tertiary/aromatic N) is 1. The Morgan fingerprint density at radius 2 is 2.00 bits per heavy atom. The summed E-state index contributed by atoms with van der Waals surface area (Å²) in [7, 11) is 3.52. The molecule has 0 atom stereocenters. The molecular formula is C17H19BrN2O2. The fraction of sp³-hybridized carbons (Fsp3) is 0.235. The van der Waals surface area contributed by atoms with Crippen LogP contribution in [0.4, 0.5) is 5.69 Å². The summed E-state index contributed by atoms with van der Waals surface area (Å²) in [5.41, 5.74) is 1.89. The number of hydrogen-bond donors (Lipinski definition) is 1. The normalized spacial score (nSPS) is 10.5. The number of likely N-dealkylation sites (N-methyl/N-ethyl adjacent to an activating group) is 1. The van der Waals surface area contributed by atoms with Crippen molar-refractivity contribution in [3.63, 3.8) is 0 Å². The van der Waals surface area contributed by atoms with Crippen LogP contribution in [0.5, 0.6) is 5.75 Å². The van der Waals surface area contributed by atoms with Crippen LogP contribution in [0.25, 0.3) is 0 Å². The molecule has 2 aromatic carbocycles. The summed E-state index contributed by atoms with van der Waals surface area (Å²) < 4.78 is 6.19. The first-order valence-corrected chi connectivity index (χ1v) is 7.73. The third-order valence-corrected chi connectivity index (χ3v) is 3.94. The Kier molecular flexibility index (Phi) is 5.98. The summed E-state index contributed by atoms with van der Waals surface area (Å²) in [6, 6.07) is 15.3. The van der Waals surface area contributed by atoms with Gasteiger partial charge in [0.25, 0.3) is 0 Å². The first-order chi connectivity index (χ1) is 10.6. The molecule has 0 saturated heterocycles. The van der Waals surface area contributed by atoms with Gasteiger partial charge in [-0.25, -0.2) is 0 Å². The SMILES string of the molecule is COc1cccc(NC(=O)CN(C)Cc2ccccc2Br)c1. The molecule has 4 nitrogen and oxygen atoms in total. The Morgan fingerprint density at radius 1 is 1.23 bits per heavy atom. The van der Waals surface area contributed by atoms with E-state index in [1.807, 2.05) is 54.4 Å². The van der Waals surface area contributed by atoms with Crippen LogP contribution >= 0.6 is 15.9 Å². The fourth-order valence-corrected chi connectivity index (χ4v) is 2.53. The Labute approximate surface area is 139 Å². The third kappa shape index (κ3) is 4.86. The topological polar surface area (TPSA) is 41.6 Å². The lowest BCUT2D eigenvalue weighted by Gasteiger charge is -2.17. The van der Waals surface area contributed by atoms with E-state index in [9.17, 15) is 4.79 Å². The van der Waals surface area contributed by atoms with Crippen molar-refractivity contribution in [1.82, 2.24) is 4.90 Å². The molecule has 0 bridgehead atoms. The van der Waals surface area contributed by atoms with Crippen LogP contribution in [0.3, 0.4) is 0 Å². The number of amides is 1. The quantitative estimate of drug-likeness (QED) is 0.854. The molecule has 0 heterocycles. The molecule has 116 valence electrons. The standard InChI is InChI=1S/C17H19BrN2O2/c1-20(11-13-6-3-4-9-16(13)18)12-17(21)19-14-7-5-8-15(10-14)22-2/h3-10H,11-12H2,1-2H3,(H,19,21). The Balaban J connectivity index is 1.90. The van der Waals surface area contributed by atoms with E-state index in [0.29, 0.717) is 13.1 Å². The maximum absolute atomic E-state index is 12.1. The van der Waals surface area contributed by atoms with Gasteiger partial charge >= 0.3 is 0 Å². The zero-order chi connectivity index (χ0) is 15.9. The van der Waals surface area contributed by atoms with E-state index in [2.05, 4.69) is 21.2 Å². The first-order valence-electron chi connectivity index (χ1n) is 6.94. The van der Waals surface area contributed by atoms with Crippen LogP contribution in [0.15, 0.2) is 53.0 Å². The van der Waals surface area contributed by atoms with Crippen LogP contribution in [-0.4, -0.2) is 31.5 Å². The Hall–Kier alpha value is -1.85. The lowest BCUT2D eigenvalue weighted by Crippen LogP contribution is -2.29. The molecule has 0 radical (unpaired) electrons. The number of carbonyl (C=O) groups is 1. The number of halogens is 1. The molecule has 5 heteroatoms. The number of benzene rings is 2. The zero-order valence-electron chi connectivity index (χ0n) is 12.7. The van der Waals surface area contributed by atoms with Crippen LogP contribution in [0.2, 0.25) is 0 Å². The monoisotopic (exact) mass is 362 g/mol. The second-order valence-corrected chi connectivity index (χ2v) is 5.90. The van der Waals surface area contributed by atoms with Crippen LogP contribution in [0, 0.1) is 0 Å². The minimum Gasteiger partial charge on any atom is -0.497 e. The van der Waals surface area contributed by atoms with Gasteiger partial charge in [0.15, 0.2) is 0 Å². The van der Waals surface area contributed by atoms with Crippen LogP contribution in [0.1, 0.15) is 5.56 Å². The van der Waals surface area contributed by atoms with Crippen molar-refractivity contribution in [2.24, 2.45) is 0 Å². The molecule has 0 saturated carbocycles. The lowest BCUT2D eigenvalue weighted by atomic mass is 10.2. The van der Waals surface area contributed by atoms with Gasteiger partial charge in [-0.1, -0.05) is 40.2 Å². The van der Waals surface area contributed by atoms with E-state index in [0.717, 1.165) is 21.5 Å². The summed E-state index contributed by atoms with van der Waals surface area (Å²) in [6.07, 6.45) is 0. The summed E-state index contributed by atoms with van der Waals surface area (Å²) in [5, 5.41) is 2.88. The lowest BCUT2D eigenvalue weighted by molar-refractivity contribution is -0.117. The first kappa shape index (κ1) is 16.5. The molecule has 0 aromatic heterocycles. The molecule has 0 spiro atoms. The highest BCUT2D eigenvalue weighted by Gasteiger charge is 2.09. The maximum Gasteiger partial charge on any atom is 0.238 e. The van der Waals surface area contributed by atoms with Gasteiger partial charge < -0.3 is 10.1 Å². The van der Waals surface area contributed by atoms with Gasteiger partial charge in [0.1, 0.15) is 5.75 Å². The summed E-state index contributed by atoms with van der Waals surface area (Å²) >= 11 is 3.52. The summed E-state index contributed by atoms with van der Waals surface area (Å²) in [4.78, 5) is 14.1. The molecule has 0 unspecified atom stereocenters. The van der Waals surface area contributed by atoms with E-state index in [1.165, 1.54) is 0 Å². The molecule has 22 heavy (non-hydrogen) atoms. The van der Waals surface area contributed by atoms with Gasteiger partial charge in [-0.3, -0.25) is 9.69 Å². The molecule has 1 N–H and O–H groups in total. The van der Waals surface area contributed by atoms with Crippen LogP contribution < -0.4 is 10.1 Å². The number of anilines is 1. The molecule has 2 aromatic rings. The predicted molar refractivity (Wildman–Crippen MR) is 92.1 cm³/mol. The Bertz CT molecular complexity index is 646. The van der Waals surface area contributed by atoms with Crippen molar-refractivity contribution in [3.8, 4) is 5.75 Å². The minimum absolute atomic E-state index is 0.0530. The highest BCUT2D eigenvalue weighted by atomic mass is 79.9. The van der Waals surface area contributed by atoms with Crippen molar-refractivity contribution in [3.05, 3.63) is 58.6 Å². The maximum atomic E-state index is 12.1. The van der Waals surface area contributed by atoms with Gasteiger partial charge in [0, 0.05) is 22.8 Å². The third-order valence-electron chi connectivity index (χ3n) is 3.17. The number of hydrogen-bond acceptors (Lipinski definition) is 3. The largest absolute Gasteiger partial charge is 0.497 e. The van der Waals surface area contributed by atoms with Crippen molar-refractivity contribution < 1.29 is 9.53 Å². The van der Waals surface area contributed by atoms with E-state index in [4.69, 9.17) is 4.74 Å². The van der Waals surface area contributed by atoms with Crippen molar-refractivity contribution in [2.75, 3.05) is 26.0 Å². The number of nitrogens with one attached hydrogen (secondary N) is 1. The van der Waals surface area contributed by atoms with Gasteiger partial charge in [0.05, 0.1) is 13.7 Å². The van der Waals surface area contributed by atoms with Crippen molar-refractivity contribution >= 4 is 27.5 Å². The van der Waals surface area contributed by atoms with Crippen molar-refractivity contribution in [2.45, 2.75) is 6.54 Å². The predicted octanol–water partition coefficient (Wildman–Crippen LogP) is 3.53. The number of rotatable bonds is 6. The second kappa shape index (κ2) is 7.96. The highest BCUT2D eigenvalue weighted by molar-refractivity contribution is 9.10. The van der Waals surface area contributed by atoms with E-state index >= 15 is 0 Å². The van der Waals surface area contributed by atoms with Gasteiger partial charge in [-0.15, -0.1) is 0 Å². The smallest absolute Gasteiger partial charge is 0.238 e. The van der Waals surface area contributed by atoms with Gasteiger partial charge in [-0.2, -0.15) is 0 Å². The molecule has 0 aliphatic heterocycles. The number of ether oxygens (including phenoxy) is 1. The molecule has 0 fully saturated rings. The van der Waals surface area contributed by atoms with E-state index in [-0.39, 0.29) is 5.91 Å². The summed E-state index contributed by atoms with van der Waals surface area (Å²) in [5.74, 6) is 0.669. The van der Waals surface area contributed by atoms with Gasteiger partial charge in [-0.05, 0) is 30.8 Å². The highest BCUT2D eigenvalue weighted by Crippen LogP contribution is 2.18. The summed E-state index contributed by atoms with van der Waals surface area (Å²) in [6.45, 7) is 1.02. The molecular weight excluding hydrogens is 344 g/mol. The average molecular weight is 363 g/mol. The molecule has 0 aliphatic carbocycles. The van der Waals surface area contributed by atoms with E-state index < -0.39 is 0 Å². The molecule has 2 rings (SSSR count). The molecule has 1 amide bonds. The van der Waals surface area contributed by atoms with Gasteiger partial charge in [0.2, 0.25) is 5.91 Å². The van der Waals surface area contributed by atoms with Crippen LogP contribution in [-0.2, 0) is 11.3 Å². The number of methoxy groups -OCH3 is 1. The zero-order valence-corrected chi connectivity index (χ0v) is 14.3. The van der Waals surface area contributed by atoms with Crippen molar-refractivity contribution in [1.29, 1.82) is 0 Å².